The SMILES string of the molecule is Cc1ncc(CN(C)C(=O)CC2CCNC2)s1.Cl.Cl. The molecule has 1 atom stereocenters. The zero-order chi connectivity index (χ0) is 12.3. The molecule has 1 saturated heterocycles. The maximum Gasteiger partial charge on any atom is 0.222 e. The molecule has 0 bridgehead atoms. The van der Waals surface area contributed by atoms with Crippen LogP contribution in [0.15, 0.2) is 6.20 Å². The third-order valence-corrected chi connectivity index (χ3v) is 4.01. The molecule has 1 amide bonds. The molecule has 0 radical (unpaired) electrons. The van der Waals surface area contributed by atoms with Crippen molar-refractivity contribution in [1.82, 2.24) is 15.2 Å². The van der Waals surface area contributed by atoms with Gasteiger partial charge in [0.1, 0.15) is 0 Å². The van der Waals surface area contributed by atoms with E-state index < -0.39 is 0 Å². The van der Waals surface area contributed by atoms with Gasteiger partial charge in [0.25, 0.3) is 0 Å². The molecule has 0 aromatic carbocycles. The summed E-state index contributed by atoms with van der Waals surface area (Å²) in [6.45, 7) is 4.71. The lowest BCUT2D eigenvalue weighted by molar-refractivity contribution is -0.131. The van der Waals surface area contributed by atoms with Crippen molar-refractivity contribution < 1.29 is 4.79 Å². The number of amides is 1. The minimum absolute atomic E-state index is 0. The minimum Gasteiger partial charge on any atom is -0.341 e. The lowest BCUT2D eigenvalue weighted by Crippen LogP contribution is -2.28. The number of carbonyl (C=O) groups is 1. The van der Waals surface area contributed by atoms with Crippen LogP contribution in [0.4, 0.5) is 0 Å². The molecule has 4 nitrogen and oxygen atoms in total. The van der Waals surface area contributed by atoms with Crippen LogP contribution in [-0.2, 0) is 11.3 Å². The van der Waals surface area contributed by atoms with Crippen molar-refractivity contribution in [2.45, 2.75) is 26.3 Å². The average molecular weight is 326 g/mol. The van der Waals surface area contributed by atoms with E-state index in [9.17, 15) is 4.79 Å². The van der Waals surface area contributed by atoms with Crippen molar-refractivity contribution in [2.75, 3.05) is 20.1 Å². The molecular weight excluding hydrogens is 305 g/mol. The monoisotopic (exact) mass is 325 g/mol. The first-order valence-electron chi connectivity index (χ1n) is 6.01. The molecule has 2 heterocycles. The number of hydrogen-bond donors (Lipinski definition) is 1. The van der Waals surface area contributed by atoms with Crippen LogP contribution < -0.4 is 5.32 Å². The predicted octanol–water partition coefficient (Wildman–Crippen LogP) is 2.25. The fraction of sp³-hybridized carbons (Fsp3) is 0.667. The topological polar surface area (TPSA) is 45.2 Å². The summed E-state index contributed by atoms with van der Waals surface area (Å²) < 4.78 is 0. The molecule has 1 N–H and O–H groups in total. The Morgan fingerprint density at radius 2 is 2.32 bits per heavy atom. The summed E-state index contributed by atoms with van der Waals surface area (Å²) in [6, 6.07) is 0. The Kier molecular flexibility index (Phi) is 8.57. The minimum atomic E-state index is 0. The lowest BCUT2D eigenvalue weighted by atomic mass is 10.0. The second-order valence-corrected chi connectivity index (χ2v) is 5.98. The smallest absolute Gasteiger partial charge is 0.222 e. The van der Waals surface area contributed by atoms with Crippen LogP contribution in [0, 0.1) is 12.8 Å². The third-order valence-electron chi connectivity index (χ3n) is 3.11. The number of carbonyl (C=O) groups excluding carboxylic acids is 1. The van der Waals surface area contributed by atoms with E-state index >= 15 is 0 Å². The number of halogens is 2. The summed E-state index contributed by atoms with van der Waals surface area (Å²) in [7, 11) is 1.87. The van der Waals surface area contributed by atoms with Crippen molar-refractivity contribution in [3.8, 4) is 0 Å². The zero-order valence-electron chi connectivity index (χ0n) is 11.2. The fourth-order valence-electron chi connectivity index (χ4n) is 2.09. The number of nitrogens with one attached hydrogen (secondary N) is 1. The van der Waals surface area contributed by atoms with Crippen molar-refractivity contribution in [3.63, 3.8) is 0 Å². The highest BCUT2D eigenvalue weighted by atomic mass is 35.5. The highest BCUT2D eigenvalue weighted by Gasteiger charge is 2.20. The average Bonchev–Trinajstić information content (AvgIpc) is 2.90. The second kappa shape index (κ2) is 8.74. The molecule has 1 unspecified atom stereocenters. The van der Waals surface area contributed by atoms with Gasteiger partial charge in [-0.25, -0.2) is 4.98 Å². The van der Waals surface area contributed by atoms with Crippen LogP contribution in [0.5, 0.6) is 0 Å². The normalized spacial score (nSPS) is 17.5. The summed E-state index contributed by atoms with van der Waals surface area (Å²) in [6.07, 6.45) is 3.65. The predicted molar refractivity (Wildman–Crippen MR) is 83.4 cm³/mol. The Balaban J connectivity index is 0.00000162. The van der Waals surface area contributed by atoms with Crippen molar-refractivity contribution in [1.29, 1.82) is 0 Å². The van der Waals surface area contributed by atoms with Gasteiger partial charge in [0, 0.05) is 24.5 Å². The van der Waals surface area contributed by atoms with E-state index in [0.29, 0.717) is 18.9 Å². The Hall–Kier alpha value is -0.360. The number of hydrogen-bond acceptors (Lipinski definition) is 4. The second-order valence-electron chi connectivity index (χ2n) is 4.66. The first-order chi connectivity index (χ1) is 8.15. The molecule has 19 heavy (non-hydrogen) atoms. The van der Waals surface area contributed by atoms with Crippen LogP contribution in [0.3, 0.4) is 0 Å². The van der Waals surface area contributed by atoms with Gasteiger partial charge in [0.15, 0.2) is 0 Å². The molecule has 1 aromatic rings. The summed E-state index contributed by atoms with van der Waals surface area (Å²) in [5.41, 5.74) is 0. The Morgan fingerprint density at radius 1 is 1.58 bits per heavy atom. The molecule has 0 aliphatic carbocycles. The largest absolute Gasteiger partial charge is 0.341 e. The molecule has 0 saturated carbocycles. The summed E-state index contributed by atoms with van der Waals surface area (Å²) >= 11 is 1.66. The van der Waals surface area contributed by atoms with Crippen molar-refractivity contribution >= 4 is 42.1 Å². The standard InChI is InChI=1S/C12H19N3OS.2ClH/c1-9-14-7-11(17-9)8-15(2)12(16)5-10-3-4-13-6-10;;/h7,10,13H,3-6,8H2,1-2H3;2*1H. The van der Waals surface area contributed by atoms with E-state index in [1.165, 1.54) is 0 Å². The van der Waals surface area contributed by atoms with E-state index in [0.717, 1.165) is 29.4 Å². The van der Waals surface area contributed by atoms with Gasteiger partial charge in [0.05, 0.1) is 11.6 Å². The third kappa shape index (κ3) is 5.65. The van der Waals surface area contributed by atoms with E-state index in [1.807, 2.05) is 25.1 Å². The first-order valence-corrected chi connectivity index (χ1v) is 6.83. The van der Waals surface area contributed by atoms with Crippen LogP contribution in [0.2, 0.25) is 0 Å². The Morgan fingerprint density at radius 3 is 2.84 bits per heavy atom. The van der Waals surface area contributed by atoms with Gasteiger partial charge in [-0.3, -0.25) is 4.79 Å². The van der Waals surface area contributed by atoms with Crippen molar-refractivity contribution in [2.24, 2.45) is 5.92 Å². The number of aryl methyl sites for hydroxylation is 1. The number of nitrogens with zero attached hydrogens (tertiary/aromatic N) is 2. The number of aromatic nitrogens is 1. The molecule has 0 spiro atoms. The van der Waals surface area contributed by atoms with Crippen LogP contribution in [-0.4, -0.2) is 35.9 Å². The summed E-state index contributed by atoms with van der Waals surface area (Å²) in [4.78, 5) is 19.2. The van der Waals surface area contributed by atoms with Crippen LogP contribution >= 0.6 is 36.2 Å². The molecule has 110 valence electrons. The molecular formula is C12H21Cl2N3OS. The van der Waals surface area contributed by atoms with Gasteiger partial charge in [0.2, 0.25) is 5.91 Å². The first kappa shape index (κ1) is 18.6. The van der Waals surface area contributed by atoms with Crippen LogP contribution in [0.1, 0.15) is 22.7 Å². The Bertz CT molecular complexity index is 394. The van der Waals surface area contributed by atoms with Crippen molar-refractivity contribution in [3.05, 3.63) is 16.1 Å². The van der Waals surface area contributed by atoms with E-state index in [4.69, 9.17) is 0 Å². The van der Waals surface area contributed by atoms with Gasteiger partial charge in [-0.15, -0.1) is 36.2 Å². The maximum absolute atomic E-state index is 12.0. The van der Waals surface area contributed by atoms with Gasteiger partial charge in [-0.2, -0.15) is 0 Å². The molecule has 1 aromatic heterocycles. The highest BCUT2D eigenvalue weighted by Crippen LogP contribution is 2.17. The van der Waals surface area contributed by atoms with E-state index in [2.05, 4.69) is 10.3 Å². The van der Waals surface area contributed by atoms with Gasteiger partial charge >= 0.3 is 0 Å². The highest BCUT2D eigenvalue weighted by molar-refractivity contribution is 7.11. The number of rotatable bonds is 4. The number of thiazole rings is 1. The van der Waals surface area contributed by atoms with Gasteiger partial charge in [-0.05, 0) is 32.4 Å². The maximum atomic E-state index is 12.0. The van der Waals surface area contributed by atoms with Gasteiger partial charge in [-0.1, -0.05) is 0 Å². The summed E-state index contributed by atoms with van der Waals surface area (Å²) in [5.74, 6) is 0.762. The molecule has 1 aliphatic rings. The lowest BCUT2D eigenvalue weighted by Gasteiger charge is -2.18. The molecule has 2 rings (SSSR count). The van der Waals surface area contributed by atoms with Crippen LogP contribution in [0.25, 0.3) is 0 Å². The quantitative estimate of drug-likeness (QED) is 0.923. The molecule has 1 aliphatic heterocycles. The van der Waals surface area contributed by atoms with E-state index in [-0.39, 0.29) is 30.7 Å². The fourth-order valence-corrected chi connectivity index (χ4v) is 2.94. The zero-order valence-corrected chi connectivity index (χ0v) is 13.7. The molecule has 1 fully saturated rings. The van der Waals surface area contributed by atoms with Gasteiger partial charge < -0.3 is 10.2 Å². The summed E-state index contributed by atoms with van der Waals surface area (Å²) in [5, 5.41) is 4.35. The Labute approximate surface area is 130 Å². The molecule has 7 heteroatoms. The van der Waals surface area contributed by atoms with E-state index in [1.54, 1.807) is 11.3 Å².